The second-order valence-electron chi connectivity index (χ2n) is 4.89. The third-order valence-corrected chi connectivity index (χ3v) is 8.35. The van der Waals surface area contributed by atoms with Crippen LogP contribution in [0.1, 0.15) is 19.4 Å². The van der Waals surface area contributed by atoms with Crippen LogP contribution in [0.25, 0.3) is 0 Å². The van der Waals surface area contributed by atoms with Crippen molar-refractivity contribution in [3.63, 3.8) is 0 Å². The van der Waals surface area contributed by atoms with E-state index in [0.717, 1.165) is 6.07 Å². The standard InChI is InChI=1S/C12H10F7IO/c1-9(2)7-5-3-4-6-8(7)20(21-9)12(18,19)10(13,14)11(15,16)17/h3-6H,1-2H3. The van der Waals surface area contributed by atoms with Gasteiger partial charge in [-0.05, 0) is 0 Å². The summed E-state index contributed by atoms with van der Waals surface area (Å²) in [5, 5.41) is 0. The average molecular weight is 430 g/mol. The predicted octanol–water partition coefficient (Wildman–Crippen LogP) is 5.33. The Morgan fingerprint density at radius 3 is 2.00 bits per heavy atom. The number of fused-ring (bicyclic) bond motifs is 1. The van der Waals surface area contributed by atoms with E-state index in [0.29, 0.717) is 0 Å². The molecule has 0 aliphatic carbocycles. The molecule has 0 atom stereocenters. The van der Waals surface area contributed by atoms with E-state index in [2.05, 4.69) is 0 Å². The zero-order chi connectivity index (χ0) is 16.3. The van der Waals surface area contributed by atoms with Crippen molar-refractivity contribution in [1.29, 1.82) is 0 Å². The van der Waals surface area contributed by atoms with Gasteiger partial charge in [-0.15, -0.1) is 0 Å². The van der Waals surface area contributed by atoms with Crippen molar-refractivity contribution < 1.29 is 33.8 Å². The van der Waals surface area contributed by atoms with Crippen LogP contribution in [0.3, 0.4) is 0 Å². The van der Waals surface area contributed by atoms with Crippen molar-refractivity contribution >= 4 is 20.2 Å². The average Bonchev–Trinajstić information content (AvgIpc) is 2.61. The van der Waals surface area contributed by atoms with E-state index in [4.69, 9.17) is 3.07 Å². The van der Waals surface area contributed by atoms with Crippen molar-refractivity contribution in [2.45, 2.75) is 35.5 Å². The third kappa shape index (κ3) is 2.41. The van der Waals surface area contributed by atoms with Crippen molar-refractivity contribution in [3.05, 3.63) is 33.4 Å². The number of rotatable bonds is 2. The van der Waals surface area contributed by atoms with Gasteiger partial charge in [0.15, 0.2) is 0 Å². The molecule has 0 N–H and O–H groups in total. The summed E-state index contributed by atoms with van der Waals surface area (Å²) < 4.78 is 90.6. The molecule has 0 bridgehead atoms. The fourth-order valence-electron chi connectivity index (χ4n) is 1.82. The van der Waals surface area contributed by atoms with Crippen molar-refractivity contribution in [2.24, 2.45) is 0 Å². The quantitative estimate of drug-likeness (QED) is 0.350. The summed E-state index contributed by atoms with van der Waals surface area (Å²) in [5.74, 6) is -6.13. The van der Waals surface area contributed by atoms with Gasteiger partial charge in [0.25, 0.3) is 0 Å². The van der Waals surface area contributed by atoms with Crippen LogP contribution in [0.15, 0.2) is 24.3 Å². The summed E-state index contributed by atoms with van der Waals surface area (Å²) in [6.07, 6.45) is -6.33. The molecule has 21 heavy (non-hydrogen) atoms. The van der Waals surface area contributed by atoms with E-state index in [1.807, 2.05) is 0 Å². The molecule has 1 aromatic carbocycles. The van der Waals surface area contributed by atoms with Crippen LogP contribution in [0.5, 0.6) is 0 Å². The summed E-state index contributed by atoms with van der Waals surface area (Å²) in [7, 11) is 0. The van der Waals surface area contributed by atoms with Gasteiger partial charge in [-0.25, -0.2) is 0 Å². The zero-order valence-corrected chi connectivity index (χ0v) is 12.9. The van der Waals surface area contributed by atoms with Gasteiger partial charge >= 0.3 is 123 Å². The summed E-state index contributed by atoms with van der Waals surface area (Å²) in [4.78, 5) is 0. The Morgan fingerprint density at radius 1 is 0.952 bits per heavy atom. The van der Waals surface area contributed by atoms with Gasteiger partial charge in [-0.3, -0.25) is 0 Å². The Labute approximate surface area is 123 Å². The molecule has 9 heteroatoms. The molecule has 0 amide bonds. The first-order chi connectivity index (χ1) is 9.32. The maximum absolute atomic E-state index is 13.9. The van der Waals surface area contributed by atoms with Crippen LogP contribution in [0.4, 0.5) is 30.7 Å². The van der Waals surface area contributed by atoms with Gasteiger partial charge < -0.3 is 0 Å². The van der Waals surface area contributed by atoms with E-state index < -0.39 is 41.9 Å². The van der Waals surface area contributed by atoms with Crippen LogP contribution in [-0.2, 0) is 8.67 Å². The van der Waals surface area contributed by atoms with Gasteiger partial charge in [0.05, 0.1) is 0 Å². The monoisotopic (exact) mass is 430 g/mol. The summed E-state index contributed by atoms with van der Waals surface area (Å²) >= 11 is -4.56. The minimum absolute atomic E-state index is 0.208. The Kier molecular flexibility index (Phi) is 3.76. The molecule has 0 saturated heterocycles. The molecule has 2 rings (SSSR count). The second-order valence-corrected chi connectivity index (χ2v) is 9.26. The van der Waals surface area contributed by atoms with Gasteiger partial charge in [-0.2, -0.15) is 0 Å². The number of halogens is 8. The van der Waals surface area contributed by atoms with Crippen LogP contribution in [0, 0.1) is 3.57 Å². The molecule has 1 aromatic rings. The molecule has 1 heterocycles. The summed E-state index contributed by atoms with van der Waals surface area (Å²) in [6.45, 7) is 2.73. The van der Waals surface area contributed by atoms with Crippen molar-refractivity contribution in [1.82, 2.24) is 0 Å². The first kappa shape index (κ1) is 16.8. The van der Waals surface area contributed by atoms with E-state index in [1.165, 1.54) is 32.0 Å². The van der Waals surface area contributed by atoms with Crippen LogP contribution < -0.4 is 0 Å². The Morgan fingerprint density at radius 2 is 1.48 bits per heavy atom. The fraction of sp³-hybridized carbons (Fsp3) is 0.500. The number of benzene rings is 1. The van der Waals surface area contributed by atoms with Gasteiger partial charge in [-0.1, -0.05) is 0 Å². The molecular formula is C12H10F7IO. The molecule has 0 spiro atoms. The second kappa shape index (κ2) is 4.71. The SMILES string of the molecule is CC1(C)OI(C(F)(F)C(F)(F)C(F)(F)F)c2ccccc21. The Hall–Kier alpha value is -0.580. The molecule has 1 aliphatic rings. The molecule has 1 aliphatic heterocycles. The Bertz CT molecular complexity index is 553. The molecular weight excluding hydrogens is 420 g/mol. The Balaban J connectivity index is 2.53. The van der Waals surface area contributed by atoms with Gasteiger partial charge in [0.2, 0.25) is 0 Å². The normalized spacial score (nSPS) is 20.5. The molecule has 0 radical (unpaired) electrons. The number of hydrogen-bond acceptors (Lipinski definition) is 1. The number of hydrogen-bond donors (Lipinski definition) is 0. The summed E-state index contributed by atoms with van der Waals surface area (Å²) in [6, 6.07) is 5.34. The molecule has 0 aromatic heterocycles. The summed E-state index contributed by atoms with van der Waals surface area (Å²) in [5.41, 5.74) is -1.08. The van der Waals surface area contributed by atoms with Crippen molar-refractivity contribution in [3.8, 4) is 0 Å². The maximum atomic E-state index is 13.9. The fourth-order valence-corrected chi connectivity index (χ4v) is 7.21. The van der Waals surface area contributed by atoms with Gasteiger partial charge in [0.1, 0.15) is 0 Å². The zero-order valence-electron chi connectivity index (χ0n) is 10.7. The van der Waals surface area contributed by atoms with Crippen LogP contribution >= 0.6 is 20.2 Å². The van der Waals surface area contributed by atoms with Crippen LogP contribution in [-0.4, -0.2) is 16.0 Å². The number of alkyl halides is 8. The first-order valence-electron chi connectivity index (χ1n) is 5.64. The predicted molar refractivity (Wildman–Crippen MR) is 69.2 cm³/mol. The third-order valence-electron chi connectivity index (χ3n) is 2.91. The molecule has 1 nitrogen and oxygen atoms in total. The first-order valence-corrected chi connectivity index (χ1v) is 8.67. The molecule has 0 saturated carbocycles. The minimum atomic E-state index is -6.33. The molecule has 0 fully saturated rings. The van der Waals surface area contributed by atoms with E-state index in [1.54, 1.807) is 0 Å². The molecule has 0 unspecified atom stereocenters. The van der Waals surface area contributed by atoms with E-state index in [9.17, 15) is 30.7 Å². The van der Waals surface area contributed by atoms with E-state index in [-0.39, 0.29) is 9.13 Å². The molecule has 120 valence electrons. The van der Waals surface area contributed by atoms with E-state index >= 15 is 0 Å². The van der Waals surface area contributed by atoms with Gasteiger partial charge in [0, 0.05) is 0 Å². The van der Waals surface area contributed by atoms with Crippen molar-refractivity contribution in [2.75, 3.05) is 0 Å². The van der Waals surface area contributed by atoms with Crippen LogP contribution in [0.2, 0.25) is 0 Å². The topological polar surface area (TPSA) is 9.23 Å².